The van der Waals surface area contributed by atoms with Crippen LogP contribution in [0.5, 0.6) is 0 Å². The summed E-state index contributed by atoms with van der Waals surface area (Å²) >= 11 is 1.92. The van der Waals surface area contributed by atoms with Crippen LogP contribution in [0, 0.1) is 0 Å². The Balaban J connectivity index is 2.70. The summed E-state index contributed by atoms with van der Waals surface area (Å²) in [6.45, 7) is 5.36. The zero-order chi connectivity index (χ0) is 11.8. The van der Waals surface area contributed by atoms with Crippen molar-refractivity contribution < 1.29 is 0 Å². The van der Waals surface area contributed by atoms with Gasteiger partial charge in [0.1, 0.15) is 0 Å². The van der Waals surface area contributed by atoms with Gasteiger partial charge in [-0.1, -0.05) is 13.8 Å². The van der Waals surface area contributed by atoms with Crippen molar-refractivity contribution in [3.63, 3.8) is 0 Å². The first-order valence-electron chi connectivity index (χ1n) is 5.80. The molecule has 90 valence electrons. The fourth-order valence-electron chi connectivity index (χ4n) is 1.52. The van der Waals surface area contributed by atoms with E-state index in [0.717, 1.165) is 35.7 Å². The summed E-state index contributed by atoms with van der Waals surface area (Å²) in [6, 6.07) is 2.19. The van der Waals surface area contributed by atoms with E-state index >= 15 is 0 Å². The first-order valence-corrected chi connectivity index (χ1v) is 6.95. The number of nitrogens with zero attached hydrogens (tertiary/aromatic N) is 1. The van der Waals surface area contributed by atoms with E-state index in [1.807, 2.05) is 24.0 Å². The van der Waals surface area contributed by atoms with Gasteiger partial charge in [-0.05, 0) is 24.8 Å². The highest BCUT2D eigenvalue weighted by Gasteiger charge is 2.13. The smallest absolute Gasteiger partial charge is 0.0447 e. The molecule has 1 aromatic rings. The molecule has 3 nitrogen and oxygen atoms in total. The molecule has 1 aromatic heterocycles. The minimum absolute atomic E-state index is 0.318. The largest absolute Gasteiger partial charge is 0.398 e. The first-order chi connectivity index (χ1) is 7.79. The van der Waals surface area contributed by atoms with Gasteiger partial charge in [-0.15, -0.1) is 0 Å². The molecule has 0 aliphatic heterocycles. The monoisotopic (exact) mass is 239 g/mol. The zero-order valence-electron chi connectivity index (χ0n) is 10.1. The third-order valence-corrected chi connectivity index (χ3v) is 3.37. The maximum Gasteiger partial charge on any atom is 0.0447 e. The Labute approximate surface area is 102 Å². The van der Waals surface area contributed by atoms with E-state index in [4.69, 9.17) is 5.73 Å². The van der Waals surface area contributed by atoms with Crippen LogP contribution in [0.4, 0.5) is 5.69 Å². The number of hydrogen-bond acceptors (Lipinski definition) is 4. The molecule has 1 atom stereocenters. The molecule has 0 saturated heterocycles. The van der Waals surface area contributed by atoms with Crippen LogP contribution in [0.3, 0.4) is 0 Å². The Morgan fingerprint density at radius 2 is 2.31 bits per heavy atom. The van der Waals surface area contributed by atoms with Gasteiger partial charge in [-0.25, -0.2) is 0 Å². The molecule has 0 aromatic carbocycles. The summed E-state index contributed by atoms with van der Waals surface area (Å²) in [5.74, 6) is 2.18. The highest BCUT2D eigenvalue weighted by molar-refractivity contribution is 7.99. The number of aromatic nitrogens is 1. The fraction of sp³-hybridized carbons (Fsp3) is 0.583. The quantitative estimate of drug-likeness (QED) is 0.767. The van der Waals surface area contributed by atoms with Crippen LogP contribution in [0.2, 0.25) is 0 Å². The molecule has 0 radical (unpaired) electrons. The Kier molecular flexibility index (Phi) is 6.26. The Morgan fingerprint density at radius 3 is 2.94 bits per heavy atom. The Hall–Kier alpha value is -0.740. The molecular weight excluding hydrogens is 218 g/mol. The number of nitrogen functional groups attached to an aromatic ring is 1. The average Bonchev–Trinajstić information content (AvgIpc) is 2.31. The molecule has 0 bridgehead atoms. The van der Waals surface area contributed by atoms with Gasteiger partial charge >= 0.3 is 0 Å². The third-order valence-electron chi connectivity index (χ3n) is 2.39. The summed E-state index contributed by atoms with van der Waals surface area (Å²) in [5, 5.41) is 3.52. The van der Waals surface area contributed by atoms with Crippen LogP contribution >= 0.6 is 11.8 Å². The van der Waals surface area contributed by atoms with Gasteiger partial charge in [0.25, 0.3) is 0 Å². The van der Waals surface area contributed by atoms with Crippen LogP contribution in [-0.4, -0.2) is 23.0 Å². The zero-order valence-corrected chi connectivity index (χ0v) is 10.9. The molecule has 1 heterocycles. The number of nitrogens with two attached hydrogens (primary N) is 1. The molecule has 0 aliphatic carbocycles. The average molecular weight is 239 g/mol. The molecule has 0 aliphatic rings. The standard InChI is InChI=1S/C12H21N3S/c1-3-6-15-12(9-16-4-2)10-8-14-7-5-11(10)13/h5,7-8,12,15H,3-4,6,9H2,1-2H3,(H2,13,14). The van der Waals surface area contributed by atoms with E-state index in [0.29, 0.717) is 6.04 Å². The van der Waals surface area contributed by atoms with Crippen LogP contribution < -0.4 is 11.1 Å². The summed E-state index contributed by atoms with van der Waals surface area (Å²) in [7, 11) is 0. The van der Waals surface area contributed by atoms with E-state index in [9.17, 15) is 0 Å². The summed E-state index contributed by atoms with van der Waals surface area (Å²) in [6.07, 6.45) is 4.75. The van der Waals surface area contributed by atoms with E-state index in [1.165, 1.54) is 0 Å². The molecule has 0 fully saturated rings. The minimum atomic E-state index is 0.318. The second kappa shape index (κ2) is 7.52. The Morgan fingerprint density at radius 1 is 1.50 bits per heavy atom. The van der Waals surface area contributed by atoms with Gasteiger partial charge in [-0.3, -0.25) is 4.98 Å². The second-order valence-electron chi connectivity index (χ2n) is 3.67. The second-order valence-corrected chi connectivity index (χ2v) is 4.99. The van der Waals surface area contributed by atoms with Crippen molar-refractivity contribution in [3.8, 4) is 0 Å². The van der Waals surface area contributed by atoms with Crippen LogP contribution in [0.15, 0.2) is 18.5 Å². The summed E-state index contributed by atoms with van der Waals surface area (Å²) in [5.41, 5.74) is 7.93. The van der Waals surface area contributed by atoms with Crippen LogP contribution in [0.25, 0.3) is 0 Å². The van der Waals surface area contributed by atoms with Crippen molar-refractivity contribution in [2.24, 2.45) is 0 Å². The number of hydrogen-bond donors (Lipinski definition) is 2. The van der Waals surface area contributed by atoms with E-state index in [1.54, 1.807) is 6.20 Å². The maximum atomic E-state index is 5.98. The topological polar surface area (TPSA) is 50.9 Å². The molecule has 1 unspecified atom stereocenters. The van der Waals surface area contributed by atoms with Crippen molar-refractivity contribution in [3.05, 3.63) is 24.0 Å². The maximum absolute atomic E-state index is 5.98. The van der Waals surface area contributed by atoms with Gasteiger partial charge in [0.15, 0.2) is 0 Å². The van der Waals surface area contributed by atoms with Gasteiger partial charge in [-0.2, -0.15) is 11.8 Å². The molecule has 16 heavy (non-hydrogen) atoms. The number of anilines is 1. The molecule has 1 rings (SSSR count). The van der Waals surface area contributed by atoms with Crippen molar-refractivity contribution in [2.45, 2.75) is 26.3 Å². The normalized spacial score (nSPS) is 12.6. The van der Waals surface area contributed by atoms with Gasteiger partial charge < -0.3 is 11.1 Å². The summed E-state index contributed by atoms with van der Waals surface area (Å²) in [4.78, 5) is 4.15. The molecule has 0 amide bonds. The van der Waals surface area contributed by atoms with Crippen LogP contribution in [-0.2, 0) is 0 Å². The fourth-order valence-corrected chi connectivity index (χ4v) is 2.29. The lowest BCUT2D eigenvalue weighted by atomic mass is 10.1. The van der Waals surface area contributed by atoms with E-state index in [-0.39, 0.29) is 0 Å². The van der Waals surface area contributed by atoms with Crippen LogP contribution in [0.1, 0.15) is 31.9 Å². The van der Waals surface area contributed by atoms with Crippen molar-refractivity contribution >= 4 is 17.4 Å². The van der Waals surface area contributed by atoms with E-state index < -0.39 is 0 Å². The van der Waals surface area contributed by atoms with Gasteiger partial charge in [0.05, 0.1) is 0 Å². The van der Waals surface area contributed by atoms with Gasteiger partial charge in [0, 0.05) is 35.4 Å². The number of nitrogens with one attached hydrogen (secondary N) is 1. The first kappa shape index (κ1) is 13.3. The van der Waals surface area contributed by atoms with Gasteiger partial charge in [0.2, 0.25) is 0 Å². The molecule has 3 N–H and O–H groups in total. The lowest BCUT2D eigenvalue weighted by molar-refractivity contribution is 0.577. The number of rotatable bonds is 7. The summed E-state index contributed by atoms with van der Waals surface area (Å²) < 4.78 is 0. The predicted molar refractivity (Wildman–Crippen MR) is 72.7 cm³/mol. The van der Waals surface area contributed by atoms with Crippen molar-refractivity contribution in [2.75, 3.05) is 23.8 Å². The molecular formula is C12H21N3S. The molecule has 4 heteroatoms. The highest BCUT2D eigenvalue weighted by Crippen LogP contribution is 2.22. The lowest BCUT2D eigenvalue weighted by Crippen LogP contribution is -2.25. The van der Waals surface area contributed by atoms with Crippen molar-refractivity contribution in [1.82, 2.24) is 10.3 Å². The highest BCUT2D eigenvalue weighted by atomic mass is 32.2. The van der Waals surface area contributed by atoms with Crippen molar-refractivity contribution in [1.29, 1.82) is 0 Å². The van der Waals surface area contributed by atoms with E-state index in [2.05, 4.69) is 24.1 Å². The minimum Gasteiger partial charge on any atom is -0.398 e. The SMILES string of the molecule is CCCNC(CSCC)c1cnccc1N. The third kappa shape index (κ3) is 4.02. The predicted octanol–water partition coefficient (Wildman–Crippen LogP) is 2.46. The lowest BCUT2D eigenvalue weighted by Gasteiger charge is -2.19. The molecule has 0 saturated carbocycles. The Bertz CT molecular complexity index is 296. The molecule has 0 spiro atoms. The number of thioether (sulfide) groups is 1. The number of pyridine rings is 1.